The number of anilines is 3. The van der Waals surface area contributed by atoms with Gasteiger partial charge in [-0.05, 0) is 38.6 Å². The molecule has 0 unspecified atom stereocenters. The lowest BCUT2D eigenvalue weighted by Gasteiger charge is -2.36. The molecule has 0 radical (unpaired) electrons. The van der Waals surface area contributed by atoms with E-state index in [-0.39, 0.29) is 6.61 Å². The Labute approximate surface area is 215 Å². The first-order valence-corrected chi connectivity index (χ1v) is 12.7. The Morgan fingerprint density at radius 1 is 1.09 bits per heavy atom. The van der Waals surface area contributed by atoms with Crippen LogP contribution in [0.5, 0.6) is 5.75 Å². The van der Waals surface area contributed by atoms with Gasteiger partial charge in [-0.2, -0.15) is 0 Å². The minimum Gasteiger partial charge on any atom is -0.492 e. The molecule has 35 heavy (non-hydrogen) atoms. The summed E-state index contributed by atoms with van der Waals surface area (Å²) in [4.78, 5) is 22.2. The Balaban J connectivity index is 1.88. The van der Waals surface area contributed by atoms with Crippen LogP contribution in [0.25, 0.3) is 10.9 Å². The van der Waals surface area contributed by atoms with E-state index in [0.717, 1.165) is 49.5 Å². The molecule has 1 aliphatic rings. The monoisotopic (exact) mass is 516 g/mol. The second kappa shape index (κ2) is 11.3. The van der Waals surface area contributed by atoms with Crippen molar-refractivity contribution in [1.82, 2.24) is 9.88 Å². The number of ether oxygens (including phenoxy) is 2. The van der Waals surface area contributed by atoms with Crippen LogP contribution in [-0.2, 0) is 4.74 Å². The van der Waals surface area contributed by atoms with Crippen LogP contribution in [0.4, 0.5) is 17.1 Å². The minimum atomic E-state index is -0.463. The second-order valence-corrected chi connectivity index (χ2v) is 8.97. The first kappa shape index (κ1) is 25.4. The molecule has 2 aromatic carbocycles. The summed E-state index contributed by atoms with van der Waals surface area (Å²) in [6, 6.07) is 9.30. The number of halogens is 2. The number of esters is 1. The zero-order chi connectivity index (χ0) is 24.9. The summed E-state index contributed by atoms with van der Waals surface area (Å²) >= 11 is 12.7. The van der Waals surface area contributed by atoms with Crippen LogP contribution in [-0.4, -0.2) is 61.8 Å². The van der Waals surface area contributed by atoms with Gasteiger partial charge in [-0.25, -0.2) is 4.79 Å². The van der Waals surface area contributed by atoms with Gasteiger partial charge in [0, 0.05) is 43.8 Å². The first-order valence-electron chi connectivity index (χ1n) is 11.9. The van der Waals surface area contributed by atoms with Crippen LogP contribution in [0.1, 0.15) is 31.1 Å². The summed E-state index contributed by atoms with van der Waals surface area (Å²) in [7, 11) is 0. The van der Waals surface area contributed by atoms with E-state index in [1.54, 1.807) is 19.1 Å². The van der Waals surface area contributed by atoms with Crippen LogP contribution < -0.4 is 15.0 Å². The van der Waals surface area contributed by atoms with Gasteiger partial charge in [-0.1, -0.05) is 36.2 Å². The zero-order valence-electron chi connectivity index (χ0n) is 20.2. The topological polar surface area (TPSA) is 66.9 Å². The Morgan fingerprint density at radius 2 is 1.86 bits per heavy atom. The molecule has 1 N–H and O–H groups in total. The van der Waals surface area contributed by atoms with Crippen molar-refractivity contribution in [2.24, 2.45) is 0 Å². The first-order chi connectivity index (χ1) is 17.0. The number of carbonyl (C=O) groups is 1. The van der Waals surface area contributed by atoms with E-state index in [2.05, 4.69) is 27.0 Å². The molecule has 186 valence electrons. The number of piperazine rings is 1. The van der Waals surface area contributed by atoms with Gasteiger partial charge in [-0.3, -0.25) is 4.98 Å². The molecule has 0 aliphatic carbocycles. The number of nitrogens with zero attached hydrogens (tertiary/aromatic N) is 3. The number of pyridine rings is 1. The Hall–Kier alpha value is -2.74. The van der Waals surface area contributed by atoms with Gasteiger partial charge in [0.15, 0.2) is 0 Å². The fraction of sp³-hybridized carbons (Fsp3) is 0.385. The van der Waals surface area contributed by atoms with Crippen molar-refractivity contribution < 1.29 is 14.3 Å². The van der Waals surface area contributed by atoms with E-state index in [9.17, 15) is 4.79 Å². The molecule has 1 aromatic heterocycles. The van der Waals surface area contributed by atoms with E-state index < -0.39 is 5.97 Å². The summed E-state index contributed by atoms with van der Waals surface area (Å²) in [5, 5.41) is 4.89. The lowest BCUT2D eigenvalue weighted by molar-refractivity contribution is 0.0527. The standard InChI is InChI=1S/C26H30Cl2N4O3/c1-4-31-10-12-32(13-11-31)22-14-17-21(15-23(22)34-5-2)29-16-18(26(33)35-6-3)25(17)30-20-9-7-8-19(27)24(20)28/h7-9,14-16H,4-6,10-13H2,1-3H3,(H,29,30). The third kappa shape index (κ3) is 5.42. The normalized spacial score (nSPS) is 14.3. The second-order valence-electron chi connectivity index (χ2n) is 8.19. The molecule has 1 aliphatic heterocycles. The SMILES string of the molecule is CCOC(=O)c1cnc2cc(OCC)c(N3CCN(CC)CC3)cc2c1Nc1cccc(Cl)c1Cl. The highest BCUT2D eigenvalue weighted by Crippen LogP contribution is 2.40. The van der Waals surface area contributed by atoms with E-state index in [4.69, 9.17) is 32.7 Å². The number of rotatable bonds is 8. The average Bonchev–Trinajstić information content (AvgIpc) is 2.87. The summed E-state index contributed by atoms with van der Waals surface area (Å²) in [6.45, 7) is 11.5. The smallest absolute Gasteiger partial charge is 0.341 e. The summed E-state index contributed by atoms with van der Waals surface area (Å²) in [6.07, 6.45) is 1.52. The fourth-order valence-electron chi connectivity index (χ4n) is 4.26. The molecule has 0 amide bonds. The molecule has 4 rings (SSSR count). The average molecular weight is 517 g/mol. The van der Waals surface area contributed by atoms with Gasteiger partial charge in [0.25, 0.3) is 0 Å². The number of carbonyl (C=O) groups excluding carboxylic acids is 1. The van der Waals surface area contributed by atoms with Crippen molar-refractivity contribution in [2.75, 3.05) is 56.2 Å². The molecule has 7 nitrogen and oxygen atoms in total. The Kier molecular flexibility index (Phi) is 8.21. The molecule has 1 saturated heterocycles. The maximum atomic E-state index is 12.9. The van der Waals surface area contributed by atoms with Crippen molar-refractivity contribution in [3.05, 3.63) is 52.1 Å². The molecule has 0 saturated carbocycles. The van der Waals surface area contributed by atoms with Crippen LogP contribution in [0.2, 0.25) is 10.0 Å². The van der Waals surface area contributed by atoms with E-state index in [0.29, 0.717) is 39.1 Å². The predicted octanol–water partition coefficient (Wildman–Crippen LogP) is 6.00. The Morgan fingerprint density at radius 3 is 2.54 bits per heavy atom. The van der Waals surface area contributed by atoms with Crippen molar-refractivity contribution in [1.29, 1.82) is 0 Å². The van der Waals surface area contributed by atoms with Crippen LogP contribution in [0.3, 0.4) is 0 Å². The maximum absolute atomic E-state index is 12.9. The number of hydrogen-bond donors (Lipinski definition) is 1. The molecule has 0 spiro atoms. The molecule has 0 atom stereocenters. The van der Waals surface area contributed by atoms with Gasteiger partial charge in [0.05, 0.1) is 45.8 Å². The van der Waals surface area contributed by atoms with Crippen molar-refractivity contribution in [3.8, 4) is 5.75 Å². The number of fused-ring (bicyclic) bond motifs is 1. The highest BCUT2D eigenvalue weighted by atomic mass is 35.5. The van der Waals surface area contributed by atoms with Crippen molar-refractivity contribution in [3.63, 3.8) is 0 Å². The lowest BCUT2D eigenvalue weighted by Crippen LogP contribution is -2.46. The highest BCUT2D eigenvalue weighted by Gasteiger charge is 2.23. The van der Waals surface area contributed by atoms with Crippen LogP contribution >= 0.6 is 23.2 Å². The van der Waals surface area contributed by atoms with Crippen molar-refractivity contribution >= 4 is 57.1 Å². The van der Waals surface area contributed by atoms with Crippen LogP contribution in [0, 0.1) is 0 Å². The molecular formula is C26H30Cl2N4O3. The van der Waals surface area contributed by atoms with Crippen LogP contribution in [0.15, 0.2) is 36.5 Å². The molecule has 1 fully saturated rings. The van der Waals surface area contributed by atoms with Gasteiger partial charge >= 0.3 is 5.97 Å². The molecule has 3 aromatic rings. The molecular weight excluding hydrogens is 487 g/mol. The summed E-state index contributed by atoms with van der Waals surface area (Å²) in [5.41, 5.74) is 3.14. The van der Waals surface area contributed by atoms with E-state index in [1.165, 1.54) is 6.20 Å². The third-order valence-electron chi connectivity index (χ3n) is 6.12. The number of hydrogen-bond acceptors (Lipinski definition) is 7. The van der Waals surface area contributed by atoms with Gasteiger partial charge in [0.1, 0.15) is 11.3 Å². The maximum Gasteiger partial charge on any atom is 0.341 e. The summed E-state index contributed by atoms with van der Waals surface area (Å²) < 4.78 is 11.3. The number of aromatic nitrogens is 1. The minimum absolute atomic E-state index is 0.254. The Bertz CT molecular complexity index is 1210. The van der Waals surface area contributed by atoms with Gasteiger partial charge in [-0.15, -0.1) is 0 Å². The third-order valence-corrected chi connectivity index (χ3v) is 6.93. The number of benzene rings is 2. The van der Waals surface area contributed by atoms with Gasteiger partial charge < -0.3 is 24.6 Å². The zero-order valence-corrected chi connectivity index (χ0v) is 21.7. The quantitative estimate of drug-likeness (QED) is 0.368. The lowest BCUT2D eigenvalue weighted by atomic mass is 10.1. The molecule has 0 bridgehead atoms. The van der Waals surface area contributed by atoms with E-state index >= 15 is 0 Å². The molecule has 9 heteroatoms. The molecule has 2 heterocycles. The fourth-order valence-corrected chi connectivity index (χ4v) is 4.61. The number of likely N-dealkylation sites (N-methyl/N-ethyl adjacent to an activating group) is 1. The highest BCUT2D eigenvalue weighted by molar-refractivity contribution is 6.43. The largest absolute Gasteiger partial charge is 0.492 e. The van der Waals surface area contributed by atoms with E-state index in [1.807, 2.05) is 25.1 Å². The predicted molar refractivity (Wildman–Crippen MR) is 143 cm³/mol. The van der Waals surface area contributed by atoms with Gasteiger partial charge in [0.2, 0.25) is 0 Å². The van der Waals surface area contributed by atoms with Crippen molar-refractivity contribution in [2.45, 2.75) is 20.8 Å². The summed E-state index contributed by atoms with van der Waals surface area (Å²) in [5.74, 6) is 0.308. The number of nitrogens with one attached hydrogen (secondary N) is 1.